The van der Waals surface area contributed by atoms with Crippen LogP contribution in [0.1, 0.15) is 5.56 Å². The van der Waals surface area contributed by atoms with E-state index < -0.39 is 0 Å². The zero-order valence-corrected chi connectivity index (χ0v) is 15.0. The summed E-state index contributed by atoms with van der Waals surface area (Å²) in [7, 11) is 0. The van der Waals surface area contributed by atoms with Crippen LogP contribution in [-0.2, 0) is 5.75 Å². The van der Waals surface area contributed by atoms with E-state index in [0.29, 0.717) is 26.9 Å². The van der Waals surface area contributed by atoms with Crippen molar-refractivity contribution in [3.63, 3.8) is 0 Å². The molecular weight excluding hydrogens is 407 g/mol. The van der Waals surface area contributed by atoms with Crippen molar-refractivity contribution in [2.24, 2.45) is 0 Å². The molecule has 0 N–H and O–H groups in total. The van der Waals surface area contributed by atoms with Crippen LogP contribution in [0.4, 0.5) is 0 Å². The minimum Gasteiger partial charge on any atom is -0.411 e. The normalized spacial score (nSPS) is 10.9. The number of hydrogen-bond donors (Lipinski definition) is 0. The largest absolute Gasteiger partial charge is 0.411 e. The van der Waals surface area contributed by atoms with Crippen molar-refractivity contribution in [3.05, 3.63) is 62.5 Å². The highest BCUT2D eigenvalue weighted by atomic mass is 79.9. The number of benzene rings is 2. The van der Waals surface area contributed by atoms with Crippen LogP contribution in [0.15, 0.2) is 56.6 Å². The maximum absolute atomic E-state index is 6.14. The second kappa shape index (κ2) is 7.04. The van der Waals surface area contributed by atoms with E-state index in [2.05, 4.69) is 26.1 Å². The summed E-state index contributed by atoms with van der Waals surface area (Å²) < 4.78 is 6.65. The van der Waals surface area contributed by atoms with Gasteiger partial charge in [-0.25, -0.2) is 0 Å². The molecule has 0 saturated heterocycles. The molecule has 0 amide bonds. The Kier molecular flexibility index (Phi) is 5.08. The molecule has 3 nitrogen and oxygen atoms in total. The minimum atomic E-state index is 0.497. The van der Waals surface area contributed by atoms with Crippen LogP contribution in [0.25, 0.3) is 11.5 Å². The van der Waals surface area contributed by atoms with Crippen molar-refractivity contribution in [3.8, 4) is 11.5 Å². The molecule has 0 aliphatic heterocycles. The van der Waals surface area contributed by atoms with Gasteiger partial charge in [-0.3, -0.25) is 0 Å². The fourth-order valence-corrected chi connectivity index (χ4v) is 3.34. The van der Waals surface area contributed by atoms with Crippen LogP contribution in [0.3, 0.4) is 0 Å². The van der Waals surface area contributed by atoms with E-state index in [-0.39, 0.29) is 0 Å². The van der Waals surface area contributed by atoms with Crippen molar-refractivity contribution in [2.45, 2.75) is 11.0 Å². The second-order valence-electron chi connectivity index (χ2n) is 4.40. The third-order valence-corrected chi connectivity index (χ3v) is 4.85. The Bertz CT molecular complexity index is 792. The van der Waals surface area contributed by atoms with Gasteiger partial charge >= 0.3 is 0 Å². The summed E-state index contributed by atoms with van der Waals surface area (Å²) in [6.45, 7) is 0. The Morgan fingerprint density at radius 3 is 2.55 bits per heavy atom. The maximum Gasteiger partial charge on any atom is 0.277 e. The zero-order chi connectivity index (χ0) is 15.5. The van der Waals surface area contributed by atoms with E-state index >= 15 is 0 Å². The van der Waals surface area contributed by atoms with Crippen molar-refractivity contribution < 1.29 is 4.42 Å². The molecule has 3 rings (SSSR count). The molecule has 2 aromatic carbocycles. The molecule has 0 radical (unpaired) electrons. The summed E-state index contributed by atoms with van der Waals surface area (Å²) in [4.78, 5) is 0. The van der Waals surface area contributed by atoms with Gasteiger partial charge in [-0.1, -0.05) is 57.0 Å². The first kappa shape index (κ1) is 15.9. The van der Waals surface area contributed by atoms with Gasteiger partial charge in [-0.15, -0.1) is 10.2 Å². The molecular formula is C15H9BrCl2N2OS. The Hall–Kier alpha value is -1.01. The number of thioether (sulfide) groups is 1. The smallest absolute Gasteiger partial charge is 0.277 e. The average molecular weight is 416 g/mol. The van der Waals surface area contributed by atoms with Crippen molar-refractivity contribution in [1.29, 1.82) is 0 Å². The Morgan fingerprint density at radius 1 is 1.05 bits per heavy atom. The zero-order valence-electron chi connectivity index (χ0n) is 11.1. The van der Waals surface area contributed by atoms with Gasteiger partial charge in [0.25, 0.3) is 5.22 Å². The van der Waals surface area contributed by atoms with E-state index in [9.17, 15) is 0 Å². The highest BCUT2D eigenvalue weighted by Crippen LogP contribution is 2.29. The van der Waals surface area contributed by atoms with Gasteiger partial charge in [-0.05, 0) is 42.0 Å². The van der Waals surface area contributed by atoms with Crippen LogP contribution in [-0.4, -0.2) is 10.2 Å². The molecule has 0 spiro atoms. The van der Waals surface area contributed by atoms with Gasteiger partial charge < -0.3 is 4.42 Å². The van der Waals surface area contributed by atoms with Crippen molar-refractivity contribution in [1.82, 2.24) is 10.2 Å². The van der Waals surface area contributed by atoms with Crippen LogP contribution < -0.4 is 0 Å². The number of nitrogens with zero attached hydrogens (tertiary/aromatic N) is 2. The first-order chi connectivity index (χ1) is 10.6. The monoisotopic (exact) mass is 414 g/mol. The van der Waals surface area contributed by atoms with E-state index in [0.717, 1.165) is 15.6 Å². The first-order valence-electron chi connectivity index (χ1n) is 6.28. The average Bonchev–Trinajstić information content (AvgIpc) is 2.96. The van der Waals surface area contributed by atoms with Crippen LogP contribution in [0, 0.1) is 0 Å². The lowest BCUT2D eigenvalue weighted by molar-refractivity contribution is 0.466. The summed E-state index contributed by atoms with van der Waals surface area (Å²) >= 11 is 16.9. The second-order valence-corrected chi connectivity index (χ2v) is 7.09. The molecule has 7 heteroatoms. The lowest BCUT2D eigenvalue weighted by Gasteiger charge is -2.02. The molecule has 22 heavy (non-hydrogen) atoms. The Labute approximate surface area is 150 Å². The molecule has 0 aliphatic carbocycles. The highest BCUT2D eigenvalue weighted by Gasteiger charge is 2.10. The summed E-state index contributed by atoms with van der Waals surface area (Å²) in [6, 6.07) is 13.1. The van der Waals surface area contributed by atoms with Crippen molar-refractivity contribution in [2.75, 3.05) is 0 Å². The standard InChI is InChI=1S/C15H9BrCl2N2OS/c16-11-4-1-9(2-5-11)14-19-20-15(21-14)22-8-10-3-6-12(17)7-13(10)18/h1-7H,8H2. The molecule has 1 heterocycles. The van der Waals surface area contributed by atoms with E-state index in [1.807, 2.05) is 36.4 Å². The van der Waals surface area contributed by atoms with E-state index in [1.165, 1.54) is 11.8 Å². The molecule has 0 saturated carbocycles. The Morgan fingerprint density at radius 2 is 1.82 bits per heavy atom. The molecule has 1 aromatic heterocycles. The maximum atomic E-state index is 6.14. The quantitative estimate of drug-likeness (QED) is 0.482. The highest BCUT2D eigenvalue weighted by molar-refractivity contribution is 9.10. The third-order valence-electron chi connectivity index (χ3n) is 2.86. The fourth-order valence-electron chi connectivity index (χ4n) is 1.76. The first-order valence-corrected chi connectivity index (χ1v) is 8.81. The van der Waals surface area contributed by atoms with Gasteiger partial charge in [-0.2, -0.15) is 0 Å². The lowest BCUT2D eigenvalue weighted by atomic mass is 10.2. The summed E-state index contributed by atoms with van der Waals surface area (Å²) in [5, 5.41) is 9.86. The number of halogens is 3. The molecule has 0 aliphatic rings. The van der Waals surface area contributed by atoms with Gasteiger partial charge in [0.2, 0.25) is 5.89 Å². The SMILES string of the molecule is Clc1ccc(CSc2nnc(-c3ccc(Br)cc3)o2)c(Cl)c1. The summed E-state index contributed by atoms with van der Waals surface area (Å²) in [5.74, 6) is 1.13. The number of aromatic nitrogens is 2. The summed E-state index contributed by atoms with van der Waals surface area (Å²) in [6.07, 6.45) is 0. The van der Waals surface area contributed by atoms with Crippen molar-refractivity contribution >= 4 is 50.9 Å². The molecule has 3 aromatic rings. The fraction of sp³-hybridized carbons (Fsp3) is 0.0667. The van der Waals surface area contributed by atoms with Gasteiger partial charge in [0.05, 0.1) is 0 Å². The topological polar surface area (TPSA) is 38.9 Å². The lowest BCUT2D eigenvalue weighted by Crippen LogP contribution is -1.82. The van der Waals surface area contributed by atoms with Crippen LogP contribution >= 0.6 is 50.9 Å². The third kappa shape index (κ3) is 3.84. The minimum absolute atomic E-state index is 0.497. The van der Waals surface area contributed by atoms with E-state index in [1.54, 1.807) is 6.07 Å². The van der Waals surface area contributed by atoms with Crippen LogP contribution in [0.5, 0.6) is 0 Å². The molecule has 0 atom stereocenters. The molecule has 0 fully saturated rings. The molecule has 0 unspecified atom stereocenters. The van der Waals surface area contributed by atoms with Gasteiger partial charge in [0, 0.05) is 25.8 Å². The predicted octanol–water partition coefficient (Wildman–Crippen LogP) is 6.10. The Balaban J connectivity index is 1.70. The molecule has 112 valence electrons. The number of rotatable bonds is 4. The van der Waals surface area contributed by atoms with Gasteiger partial charge in [0.1, 0.15) is 0 Å². The summed E-state index contributed by atoms with van der Waals surface area (Å²) in [5.41, 5.74) is 1.85. The van der Waals surface area contributed by atoms with Crippen LogP contribution in [0.2, 0.25) is 10.0 Å². The molecule has 0 bridgehead atoms. The predicted molar refractivity (Wildman–Crippen MR) is 93.5 cm³/mol. The van der Waals surface area contributed by atoms with E-state index in [4.69, 9.17) is 27.6 Å². The van der Waals surface area contributed by atoms with Gasteiger partial charge in [0.15, 0.2) is 0 Å². The number of hydrogen-bond acceptors (Lipinski definition) is 4.